The zero-order valence-electron chi connectivity index (χ0n) is 11.6. The van der Waals surface area contributed by atoms with Gasteiger partial charge in [0.2, 0.25) is 0 Å². The Morgan fingerprint density at radius 3 is 2.43 bits per heavy atom. The lowest BCUT2D eigenvalue weighted by Gasteiger charge is -2.08. The molecule has 0 saturated carbocycles. The lowest BCUT2D eigenvalue weighted by Crippen LogP contribution is -2.35. The molecule has 2 rings (SSSR count). The van der Waals surface area contributed by atoms with E-state index in [-0.39, 0.29) is 12.2 Å². The van der Waals surface area contributed by atoms with Gasteiger partial charge in [0.1, 0.15) is 5.69 Å². The van der Waals surface area contributed by atoms with Crippen LogP contribution in [0.15, 0.2) is 42.9 Å². The molecule has 0 aliphatic heterocycles. The zero-order chi connectivity index (χ0) is 16.9. The molecular weight excluding hydrogens is 313 g/mol. The highest BCUT2D eigenvalue weighted by Gasteiger charge is 2.32. The quantitative estimate of drug-likeness (QED) is 0.843. The summed E-state index contributed by atoms with van der Waals surface area (Å²) in [6.07, 6.45) is -0.646. The van der Waals surface area contributed by atoms with E-state index in [4.69, 9.17) is 0 Å². The van der Waals surface area contributed by atoms with Crippen LogP contribution < -0.4 is 10.6 Å². The van der Waals surface area contributed by atoms with E-state index >= 15 is 0 Å². The van der Waals surface area contributed by atoms with Gasteiger partial charge >= 0.3 is 18.0 Å². The van der Waals surface area contributed by atoms with Crippen LogP contribution >= 0.6 is 0 Å². The van der Waals surface area contributed by atoms with Crippen molar-refractivity contribution in [1.29, 1.82) is 0 Å². The minimum atomic E-state index is -4.57. The van der Waals surface area contributed by atoms with Crippen molar-refractivity contribution in [2.75, 3.05) is 5.32 Å². The van der Waals surface area contributed by atoms with Gasteiger partial charge in [-0.05, 0) is 23.8 Å². The number of halogens is 3. The summed E-state index contributed by atoms with van der Waals surface area (Å²) in [4.78, 5) is 30.3. The fourth-order valence-corrected chi connectivity index (χ4v) is 1.59. The van der Waals surface area contributed by atoms with E-state index in [1.54, 1.807) is 18.3 Å². The number of nitrogens with zero attached hydrogens (tertiary/aromatic N) is 2. The second-order valence-corrected chi connectivity index (χ2v) is 4.43. The lowest BCUT2D eigenvalue weighted by molar-refractivity contribution is -0.141. The molecule has 0 atom stereocenters. The molecule has 2 aromatic heterocycles. The number of alkyl halides is 3. The van der Waals surface area contributed by atoms with E-state index in [2.05, 4.69) is 20.6 Å². The first-order valence-corrected chi connectivity index (χ1v) is 6.37. The summed E-state index contributed by atoms with van der Waals surface area (Å²) in [5, 5.41) is 4.52. The van der Waals surface area contributed by atoms with Crippen molar-refractivity contribution in [1.82, 2.24) is 15.3 Å². The van der Waals surface area contributed by atoms with Crippen LogP contribution in [0.5, 0.6) is 0 Å². The maximum atomic E-state index is 12.4. The third kappa shape index (κ3) is 4.77. The van der Waals surface area contributed by atoms with E-state index in [0.717, 1.165) is 12.3 Å². The lowest BCUT2D eigenvalue weighted by atomic mass is 10.3. The first kappa shape index (κ1) is 16.4. The summed E-state index contributed by atoms with van der Waals surface area (Å²) in [6, 6.07) is 5.12. The molecule has 0 aliphatic carbocycles. The average Bonchev–Trinajstić information content (AvgIpc) is 2.53. The average molecular weight is 324 g/mol. The van der Waals surface area contributed by atoms with Gasteiger partial charge in [-0.2, -0.15) is 13.2 Å². The van der Waals surface area contributed by atoms with Gasteiger partial charge in [0.25, 0.3) is 0 Å². The number of pyridine rings is 2. The first-order chi connectivity index (χ1) is 10.9. The molecule has 120 valence electrons. The Morgan fingerprint density at radius 2 is 1.87 bits per heavy atom. The standard InChI is InChI=1S/C14H11F3N4O2/c15-14(16,17)11-4-3-10(8-19-11)21-13(23)12(22)20-7-9-2-1-5-18-6-9/h1-6,8H,7H2,(H,20,22)(H,21,23). The number of rotatable bonds is 3. The number of carbonyl (C=O) groups excluding carboxylic acids is 2. The molecule has 0 aromatic carbocycles. The Balaban J connectivity index is 1.89. The monoisotopic (exact) mass is 324 g/mol. The van der Waals surface area contributed by atoms with Crippen LogP contribution in [-0.2, 0) is 22.3 Å². The highest BCUT2D eigenvalue weighted by molar-refractivity contribution is 6.39. The molecule has 2 amide bonds. The third-order valence-electron chi connectivity index (χ3n) is 2.69. The molecule has 23 heavy (non-hydrogen) atoms. The topological polar surface area (TPSA) is 84.0 Å². The van der Waals surface area contributed by atoms with Crippen molar-refractivity contribution in [3.8, 4) is 0 Å². The molecule has 0 radical (unpaired) electrons. The molecule has 0 unspecified atom stereocenters. The Bertz CT molecular complexity index is 687. The van der Waals surface area contributed by atoms with Crippen LogP contribution in [-0.4, -0.2) is 21.8 Å². The second-order valence-electron chi connectivity index (χ2n) is 4.43. The van der Waals surface area contributed by atoms with Gasteiger partial charge in [0, 0.05) is 18.9 Å². The number of anilines is 1. The molecule has 2 N–H and O–H groups in total. The smallest absolute Gasteiger partial charge is 0.344 e. The van der Waals surface area contributed by atoms with E-state index in [9.17, 15) is 22.8 Å². The molecule has 2 heterocycles. The van der Waals surface area contributed by atoms with Gasteiger partial charge in [-0.15, -0.1) is 0 Å². The van der Waals surface area contributed by atoms with Crippen LogP contribution in [0, 0.1) is 0 Å². The maximum Gasteiger partial charge on any atom is 0.433 e. The number of hydrogen-bond donors (Lipinski definition) is 2. The van der Waals surface area contributed by atoms with E-state index < -0.39 is 23.7 Å². The van der Waals surface area contributed by atoms with Crippen LogP contribution in [0.25, 0.3) is 0 Å². The second kappa shape index (κ2) is 6.86. The molecule has 2 aromatic rings. The number of nitrogens with one attached hydrogen (secondary N) is 2. The fraction of sp³-hybridized carbons (Fsp3) is 0.143. The van der Waals surface area contributed by atoms with Crippen LogP contribution in [0.2, 0.25) is 0 Å². The Hall–Kier alpha value is -2.97. The van der Waals surface area contributed by atoms with Gasteiger partial charge in [-0.3, -0.25) is 14.6 Å². The first-order valence-electron chi connectivity index (χ1n) is 6.37. The number of carbonyl (C=O) groups is 2. The minimum absolute atomic E-state index is 0.0143. The summed E-state index contributed by atoms with van der Waals surface area (Å²) in [5.74, 6) is -1.93. The summed E-state index contributed by atoms with van der Waals surface area (Å²) < 4.78 is 37.1. The third-order valence-corrected chi connectivity index (χ3v) is 2.69. The molecule has 0 spiro atoms. The molecule has 0 aliphatic rings. The number of amides is 2. The molecular formula is C14H11F3N4O2. The summed E-state index contributed by atoms with van der Waals surface area (Å²) in [7, 11) is 0. The highest BCUT2D eigenvalue weighted by Crippen LogP contribution is 2.27. The summed E-state index contributed by atoms with van der Waals surface area (Å²) >= 11 is 0. The van der Waals surface area contributed by atoms with Gasteiger partial charge in [0.05, 0.1) is 11.9 Å². The van der Waals surface area contributed by atoms with Gasteiger partial charge in [-0.1, -0.05) is 6.07 Å². The maximum absolute atomic E-state index is 12.4. The van der Waals surface area contributed by atoms with Gasteiger partial charge in [-0.25, -0.2) is 4.98 Å². The van der Waals surface area contributed by atoms with Crippen molar-refractivity contribution in [3.05, 3.63) is 54.1 Å². The van der Waals surface area contributed by atoms with E-state index in [1.165, 1.54) is 6.20 Å². The van der Waals surface area contributed by atoms with Crippen LogP contribution in [0.4, 0.5) is 18.9 Å². The van der Waals surface area contributed by atoms with Crippen molar-refractivity contribution >= 4 is 17.5 Å². The van der Waals surface area contributed by atoms with Crippen molar-refractivity contribution in [2.24, 2.45) is 0 Å². The largest absolute Gasteiger partial charge is 0.433 e. The van der Waals surface area contributed by atoms with Crippen molar-refractivity contribution < 1.29 is 22.8 Å². The summed E-state index contributed by atoms with van der Waals surface area (Å²) in [6.45, 7) is 0.103. The van der Waals surface area contributed by atoms with Gasteiger partial charge in [0.15, 0.2) is 0 Å². The van der Waals surface area contributed by atoms with Crippen LogP contribution in [0.1, 0.15) is 11.3 Å². The molecule has 0 fully saturated rings. The molecule has 0 saturated heterocycles. The number of hydrogen-bond acceptors (Lipinski definition) is 4. The number of aromatic nitrogens is 2. The van der Waals surface area contributed by atoms with Crippen LogP contribution in [0.3, 0.4) is 0 Å². The predicted octanol–water partition coefficient (Wildman–Crippen LogP) is 1.75. The highest BCUT2D eigenvalue weighted by atomic mass is 19.4. The van der Waals surface area contributed by atoms with Crippen molar-refractivity contribution in [3.63, 3.8) is 0 Å². The van der Waals surface area contributed by atoms with Gasteiger partial charge < -0.3 is 10.6 Å². The molecule has 9 heteroatoms. The van der Waals surface area contributed by atoms with Crippen molar-refractivity contribution in [2.45, 2.75) is 12.7 Å². The summed E-state index contributed by atoms with van der Waals surface area (Å²) in [5.41, 5.74) is -0.402. The molecule has 0 bridgehead atoms. The van der Waals surface area contributed by atoms with E-state index in [1.807, 2.05) is 0 Å². The predicted molar refractivity (Wildman–Crippen MR) is 74.0 cm³/mol. The Morgan fingerprint density at radius 1 is 1.09 bits per heavy atom. The normalized spacial score (nSPS) is 10.9. The SMILES string of the molecule is O=C(NCc1cccnc1)C(=O)Nc1ccc(C(F)(F)F)nc1. The van der Waals surface area contributed by atoms with E-state index in [0.29, 0.717) is 11.6 Å². The minimum Gasteiger partial charge on any atom is -0.344 e. The Labute approximate surface area is 128 Å². The zero-order valence-corrected chi connectivity index (χ0v) is 11.6. The fourth-order valence-electron chi connectivity index (χ4n) is 1.59. The molecule has 6 nitrogen and oxygen atoms in total. The Kier molecular flexibility index (Phi) is 4.89.